The van der Waals surface area contributed by atoms with Gasteiger partial charge in [-0.2, -0.15) is 0 Å². The Morgan fingerprint density at radius 3 is 1.86 bits per heavy atom. The molecule has 1 saturated heterocycles. The zero-order chi connectivity index (χ0) is 11.6. The molecule has 1 aliphatic rings. The maximum absolute atomic E-state index is 8.00. The maximum atomic E-state index is 8.00. The summed E-state index contributed by atoms with van der Waals surface area (Å²) in [5, 5.41) is 0. The van der Waals surface area contributed by atoms with E-state index in [0.29, 0.717) is 6.79 Å². The largest absolute Gasteiger partial charge is 0.355 e. The number of rotatable bonds is 0. The Balaban J connectivity index is 0. The standard InChI is InChI=1S/C6H12O2.C4H8.CH2O/c1-6(2)3-4-7-5-8-6;1-4(2)3;1-2/h3-5H2,1-2H3;1H2,2-3H3;1H2. The van der Waals surface area contributed by atoms with Crippen molar-refractivity contribution in [3.05, 3.63) is 12.2 Å². The fourth-order valence-corrected chi connectivity index (χ4v) is 0.650. The first kappa shape index (κ1) is 15.8. The topological polar surface area (TPSA) is 35.5 Å². The van der Waals surface area contributed by atoms with Crippen molar-refractivity contribution in [3.63, 3.8) is 0 Å². The van der Waals surface area contributed by atoms with Crippen LogP contribution in [0.1, 0.15) is 34.1 Å². The summed E-state index contributed by atoms with van der Waals surface area (Å²) in [4.78, 5) is 8.00. The third-order valence-corrected chi connectivity index (χ3v) is 1.38. The highest BCUT2D eigenvalue weighted by molar-refractivity contribution is 5.10. The molecule has 0 unspecified atom stereocenters. The fourth-order valence-electron chi connectivity index (χ4n) is 0.650. The van der Waals surface area contributed by atoms with Crippen LogP contribution in [0.2, 0.25) is 0 Å². The molecule has 0 aromatic heterocycles. The first-order valence-electron chi connectivity index (χ1n) is 4.57. The molecule has 0 saturated carbocycles. The van der Waals surface area contributed by atoms with E-state index in [1.807, 2.05) is 20.6 Å². The molecule has 0 radical (unpaired) electrons. The molecule has 0 aromatic rings. The molecule has 0 amide bonds. The second kappa shape index (κ2) is 8.91. The number of hydrogen-bond donors (Lipinski definition) is 0. The lowest BCUT2D eigenvalue weighted by Gasteiger charge is -2.29. The van der Waals surface area contributed by atoms with Crippen molar-refractivity contribution in [3.8, 4) is 0 Å². The van der Waals surface area contributed by atoms with Gasteiger partial charge in [0.1, 0.15) is 13.6 Å². The molecule has 0 aromatic carbocycles. The number of allylic oxidation sites excluding steroid dienone is 1. The van der Waals surface area contributed by atoms with Crippen LogP contribution in [-0.4, -0.2) is 25.8 Å². The van der Waals surface area contributed by atoms with Gasteiger partial charge < -0.3 is 14.3 Å². The highest BCUT2D eigenvalue weighted by Gasteiger charge is 2.21. The van der Waals surface area contributed by atoms with Gasteiger partial charge in [-0.05, 0) is 34.1 Å². The van der Waals surface area contributed by atoms with Crippen LogP contribution in [0.4, 0.5) is 0 Å². The Bertz CT molecular complexity index is 141. The smallest absolute Gasteiger partial charge is 0.147 e. The molecule has 0 atom stereocenters. The summed E-state index contributed by atoms with van der Waals surface area (Å²) >= 11 is 0. The quantitative estimate of drug-likeness (QED) is 0.566. The first-order valence-corrected chi connectivity index (χ1v) is 4.57. The number of hydrogen-bond acceptors (Lipinski definition) is 3. The van der Waals surface area contributed by atoms with Gasteiger partial charge in [-0.3, -0.25) is 0 Å². The molecular weight excluding hydrogens is 180 g/mol. The lowest BCUT2D eigenvalue weighted by atomic mass is 10.1. The van der Waals surface area contributed by atoms with Gasteiger partial charge in [0.25, 0.3) is 0 Å². The van der Waals surface area contributed by atoms with E-state index >= 15 is 0 Å². The summed E-state index contributed by atoms with van der Waals surface area (Å²) in [5.74, 6) is 0. The molecule has 0 aliphatic carbocycles. The van der Waals surface area contributed by atoms with Crippen LogP contribution in [0.5, 0.6) is 0 Å². The summed E-state index contributed by atoms with van der Waals surface area (Å²) < 4.78 is 10.2. The van der Waals surface area contributed by atoms with Gasteiger partial charge in [0.05, 0.1) is 12.2 Å². The lowest BCUT2D eigenvalue weighted by Crippen LogP contribution is -2.32. The van der Waals surface area contributed by atoms with E-state index in [0.717, 1.165) is 13.0 Å². The van der Waals surface area contributed by atoms with Crippen molar-refractivity contribution in [2.24, 2.45) is 0 Å². The molecule has 1 rings (SSSR count). The molecule has 0 N–H and O–H groups in total. The summed E-state index contributed by atoms with van der Waals surface area (Å²) in [6.45, 7) is 15.0. The first-order chi connectivity index (χ1) is 6.44. The fraction of sp³-hybridized carbons (Fsp3) is 0.727. The van der Waals surface area contributed by atoms with Crippen molar-refractivity contribution in [1.29, 1.82) is 0 Å². The average Bonchev–Trinajstić information content (AvgIpc) is 2.06. The Hall–Kier alpha value is -0.670. The SMILES string of the molecule is C=C(C)C.C=O.CC1(C)CCOCO1. The molecule has 1 aliphatic heterocycles. The van der Waals surface area contributed by atoms with Crippen molar-refractivity contribution in [2.75, 3.05) is 13.4 Å². The Morgan fingerprint density at radius 2 is 1.71 bits per heavy atom. The van der Waals surface area contributed by atoms with Crippen LogP contribution < -0.4 is 0 Å². The highest BCUT2D eigenvalue weighted by atomic mass is 16.7. The molecule has 0 spiro atoms. The van der Waals surface area contributed by atoms with Crippen LogP contribution >= 0.6 is 0 Å². The highest BCUT2D eigenvalue weighted by Crippen LogP contribution is 2.17. The minimum absolute atomic E-state index is 0.0538. The molecule has 84 valence electrons. The summed E-state index contributed by atoms with van der Waals surface area (Å²) in [6.07, 6.45) is 1.01. The van der Waals surface area contributed by atoms with E-state index in [1.54, 1.807) is 0 Å². The number of carbonyl (C=O) groups excluding carboxylic acids is 1. The summed E-state index contributed by atoms with van der Waals surface area (Å²) in [5.41, 5.74) is 1.22. The van der Waals surface area contributed by atoms with Gasteiger partial charge in [0.15, 0.2) is 0 Å². The van der Waals surface area contributed by atoms with Crippen LogP contribution in [0, 0.1) is 0 Å². The summed E-state index contributed by atoms with van der Waals surface area (Å²) in [7, 11) is 0. The van der Waals surface area contributed by atoms with Crippen molar-refractivity contribution in [1.82, 2.24) is 0 Å². The maximum Gasteiger partial charge on any atom is 0.147 e. The third-order valence-electron chi connectivity index (χ3n) is 1.38. The lowest BCUT2D eigenvalue weighted by molar-refractivity contribution is -0.178. The predicted octanol–water partition coefficient (Wildman–Crippen LogP) is 2.56. The van der Waals surface area contributed by atoms with Gasteiger partial charge in [-0.25, -0.2) is 0 Å². The minimum Gasteiger partial charge on any atom is -0.355 e. The van der Waals surface area contributed by atoms with Crippen molar-refractivity contribution < 1.29 is 14.3 Å². The van der Waals surface area contributed by atoms with Crippen molar-refractivity contribution >= 4 is 6.79 Å². The monoisotopic (exact) mass is 202 g/mol. The molecule has 1 fully saturated rings. The second-order valence-corrected chi connectivity index (χ2v) is 3.89. The van der Waals surface area contributed by atoms with E-state index in [9.17, 15) is 0 Å². The van der Waals surface area contributed by atoms with Gasteiger partial charge in [-0.15, -0.1) is 6.58 Å². The Labute approximate surface area is 87.1 Å². The molecule has 1 heterocycles. The van der Waals surface area contributed by atoms with Gasteiger partial charge in [0, 0.05) is 0 Å². The normalized spacial score (nSPS) is 18.0. The average molecular weight is 202 g/mol. The molecule has 3 nitrogen and oxygen atoms in total. The van der Waals surface area contributed by atoms with Gasteiger partial charge in [-0.1, -0.05) is 5.57 Å². The third kappa shape index (κ3) is 13.9. The summed E-state index contributed by atoms with van der Waals surface area (Å²) in [6, 6.07) is 0. The van der Waals surface area contributed by atoms with E-state index in [2.05, 4.69) is 20.4 Å². The molecular formula is C11H22O3. The van der Waals surface area contributed by atoms with Crippen LogP contribution in [0.3, 0.4) is 0 Å². The Kier molecular flexibility index (Phi) is 10.0. The van der Waals surface area contributed by atoms with E-state index in [-0.39, 0.29) is 5.60 Å². The van der Waals surface area contributed by atoms with Crippen LogP contribution in [0.15, 0.2) is 12.2 Å². The number of carbonyl (C=O) groups is 1. The van der Waals surface area contributed by atoms with E-state index in [1.165, 1.54) is 5.57 Å². The number of ether oxygens (including phenoxy) is 2. The van der Waals surface area contributed by atoms with Crippen LogP contribution in [-0.2, 0) is 14.3 Å². The van der Waals surface area contributed by atoms with Gasteiger partial charge >= 0.3 is 0 Å². The van der Waals surface area contributed by atoms with Gasteiger partial charge in [0.2, 0.25) is 0 Å². The Morgan fingerprint density at radius 1 is 1.29 bits per heavy atom. The second-order valence-electron chi connectivity index (χ2n) is 3.89. The van der Waals surface area contributed by atoms with Crippen LogP contribution in [0.25, 0.3) is 0 Å². The van der Waals surface area contributed by atoms with Crippen molar-refractivity contribution in [2.45, 2.75) is 39.7 Å². The predicted molar refractivity (Wildman–Crippen MR) is 58.2 cm³/mol. The molecule has 0 bridgehead atoms. The minimum atomic E-state index is 0.0538. The van der Waals surface area contributed by atoms with E-state index in [4.69, 9.17) is 14.3 Å². The molecule has 14 heavy (non-hydrogen) atoms. The zero-order valence-corrected chi connectivity index (χ0v) is 9.76. The molecule has 3 heteroatoms. The zero-order valence-electron chi connectivity index (χ0n) is 9.76. The van der Waals surface area contributed by atoms with E-state index < -0.39 is 0 Å².